The first-order valence-corrected chi connectivity index (χ1v) is 6.74. The number of carboxylic acid groups (broad SMARTS) is 1. The third-order valence-electron chi connectivity index (χ3n) is 2.81. The van der Waals surface area contributed by atoms with E-state index in [0.717, 1.165) is 15.5 Å². The van der Waals surface area contributed by atoms with Crippen LogP contribution >= 0.6 is 34.5 Å². The Morgan fingerprint density at radius 1 is 1.11 bits per heavy atom. The Kier molecular flexibility index (Phi) is 2.70. The lowest BCUT2D eigenvalue weighted by Crippen LogP contribution is -1.96. The molecular weight excluding hydrogens is 291 g/mol. The fraction of sp³-hybridized carbons (Fsp3) is 0. The summed E-state index contributed by atoms with van der Waals surface area (Å²) in [6.07, 6.45) is 0. The summed E-state index contributed by atoms with van der Waals surface area (Å²) in [5.74, 6) is -0.949. The first-order valence-electron chi connectivity index (χ1n) is 5.10. The zero-order valence-electron chi connectivity index (χ0n) is 8.91. The van der Waals surface area contributed by atoms with Crippen LogP contribution in [0, 0.1) is 0 Å². The second-order valence-corrected chi connectivity index (χ2v) is 5.64. The number of thiophene rings is 1. The summed E-state index contributed by atoms with van der Waals surface area (Å²) in [5, 5.41) is 14.6. The van der Waals surface area contributed by atoms with Crippen LogP contribution in [0.4, 0.5) is 0 Å². The molecule has 0 aliphatic heterocycles. The average Bonchev–Trinajstić information content (AvgIpc) is 2.76. The lowest BCUT2D eigenvalue weighted by molar-refractivity contribution is 0.0699. The highest BCUT2D eigenvalue weighted by Gasteiger charge is 2.15. The van der Waals surface area contributed by atoms with Crippen molar-refractivity contribution in [3.63, 3.8) is 0 Å². The van der Waals surface area contributed by atoms with E-state index in [4.69, 9.17) is 23.2 Å². The summed E-state index contributed by atoms with van der Waals surface area (Å²) in [7, 11) is 0. The monoisotopic (exact) mass is 296 g/mol. The van der Waals surface area contributed by atoms with E-state index < -0.39 is 5.97 Å². The lowest BCUT2D eigenvalue weighted by atomic mass is 10.0. The lowest BCUT2D eigenvalue weighted by Gasteiger charge is -2.06. The summed E-state index contributed by atoms with van der Waals surface area (Å²) in [6, 6.07) is 6.93. The molecule has 0 fully saturated rings. The Labute approximate surface area is 116 Å². The number of aromatic carboxylic acids is 1. The second-order valence-electron chi connectivity index (χ2n) is 3.88. The van der Waals surface area contributed by atoms with Crippen molar-refractivity contribution in [1.29, 1.82) is 0 Å². The largest absolute Gasteiger partial charge is 0.478 e. The Bertz CT molecular complexity index is 792. The summed E-state index contributed by atoms with van der Waals surface area (Å²) in [4.78, 5) is 11.3. The van der Waals surface area contributed by atoms with Crippen LogP contribution in [0.15, 0.2) is 29.6 Å². The van der Waals surface area contributed by atoms with Crippen molar-refractivity contribution in [2.45, 2.75) is 0 Å². The third kappa shape index (κ3) is 1.67. The fourth-order valence-electron chi connectivity index (χ4n) is 2.05. The predicted octanol–water partition coefficient (Wildman–Crippen LogP) is 5.06. The molecule has 0 unspecified atom stereocenters. The van der Waals surface area contributed by atoms with Crippen LogP contribution in [0.5, 0.6) is 0 Å². The van der Waals surface area contributed by atoms with Gasteiger partial charge >= 0.3 is 5.97 Å². The Balaban J connectivity index is 2.59. The maximum Gasteiger partial charge on any atom is 0.337 e. The summed E-state index contributed by atoms with van der Waals surface area (Å²) in [5.41, 5.74) is 0.275. The van der Waals surface area contributed by atoms with Crippen molar-refractivity contribution in [1.82, 2.24) is 0 Å². The normalized spacial score (nSPS) is 11.2. The maximum atomic E-state index is 11.3. The van der Waals surface area contributed by atoms with Crippen LogP contribution in [0.25, 0.3) is 20.9 Å². The Hall–Kier alpha value is -1.29. The van der Waals surface area contributed by atoms with Gasteiger partial charge in [0.1, 0.15) is 0 Å². The molecule has 0 saturated heterocycles. The molecule has 3 rings (SSSR count). The zero-order valence-corrected chi connectivity index (χ0v) is 11.2. The average molecular weight is 297 g/mol. The third-order valence-corrected chi connectivity index (χ3v) is 4.29. The molecule has 0 aliphatic carbocycles. The van der Waals surface area contributed by atoms with Crippen LogP contribution in [0.2, 0.25) is 10.0 Å². The number of hydrogen-bond donors (Lipinski definition) is 1. The van der Waals surface area contributed by atoms with E-state index in [1.807, 2.05) is 17.5 Å². The van der Waals surface area contributed by atoms with Gasteiger partial charge in [-0.2, -0.15) is 0 Å². The molecule has 18 heavy (non-hydrogen) atoms. The van der Waals surface area contributed by atoms with E-state index >= 15 is 0 Å². The van der Waals surface area contributed by atoms with Crippen molar-refractivity contribution < 1.29 is 9.90 Å². The van der Waals surface area contributed by atoms with Gasteiger partial charge in [-0.3, -0.25) is 0 Å². The van der Waals surface area contributed by atoms with Crippen LogP contribution in [0.3, 0.4) is 0 Å². The van der Waals surface area contributed by atoms with Gasteiger partial charge in [0, 0.05) is 25.5 Å². The highest BCUT2D eigenvalue weighted by molar-refractivity contribution is 7.17. The molecule has 2 nitrogen and oxygen atoms in total. The summed E-state index contributed by atoms with van der Waals surface area (Å²) in [6.45, 7) is 0. The minimum atomic E-state index is -0.949. The number of fused-ring (bicyclic) bond motifs is 3. The minimum Gasteiger partial charge on any atom is -0.478 e. The van der Waals surface area contributed by atoms with Crippen LogP contribution in [-0.4, -0.2) is 11.1 Å². The van der Waals surface area contributed by atoms with E-state index in [2.05, 4.69) is 0 Å². The van der Waals surface area contributed by atoms with Gasteiger partial charge in [0.05, 0.1) is 5.56 Å². The highest BCUT2D eigenvalue weighted by atomic mass is 35.5. The van der Waals surface area contributed by atoms with Crippen LogP contribution in [-0.2, 0) is 0 Å². The van der Waals surface area contributed by atoms with Crippen molar-refractivity contribution in [3.05, 3.63) is 45.3 Å². The van der Waals surface area contributed by atoms with Crippen molar-refractivity contribution >= 4 is 61.4 Å². The van der Waals surface area contributed by atoms with Gasteiger partial charge < -0.3 is 5.11 Å². The molecule has 0 atom stereocenters. The first-order chi connectivity index (χ1) is 8.58. The van der Waals surface area contributed by atoms with E-state index in [1.54, 1.807) is 12.1 Å². The smallest absolute Gasteiger partial charge is 0.337 e. The molecular formula is C13H6Cl2O2S. The van der Waals surface area contributed by atoms with Crippen molar-refractivity contribution in [2.24, 2.45) is 0 Å². The number of carbonyl (C=O) groups is 1. The predicted molar refractivity (Wildman–Crippen MR) is 76.3 cm³/mol. The first kappa shape index (κ1) is 11.8. The topological polar surface area (TPSA) is 37.3 Å². The molecule has 5 heteroatoms. The number of rotatable bonds is 1. The fourth-order valence-corrected chi connectivity index (χ4v) is 3.52. The van der Waals surface area contributed by atoms with Crippen LogP contribution in [0.1, 0.15) is 10.4 Å². The van der Waals surface area contributed by atoms with E-state index in [1.165, 1.54) is 11.3 Å². The molecule has 3 aromatic rings. The number of hydrogen-bond acceptors (Lipinski definition) is 2. The van der Waals surface area contributed by atoms with Gasteiger partial charge in [0.15, 0.2) is 0 Å². The molecule has 1 N–H and O–H groups in total. The quantitative estimate of drug-likeness (QED) is 0.681. The maximum absolute atomic E-state index is 11.3. The van der Waals surface area contributed by atoms with E-state index in [-0.39, 0.29) is 5.56 Å². The zero-order chi connectivity index (χ0) is 12.9. The molecule has 0 amide bonds. The summed E-state index contributed by atoms with van der Waals surface area (Å²) < 4.78 is 0.744. The van der Waals surface area contributed by atoms with Gasteiger partial charge in [-0.25, -0.2) is 4.79 Å². The Morgan fingerprint density at radius 2 is 1.89 bits per heavy atom. The van der Waals surface area contributed by atoms with Gasteiger partial charge in [-0.05, 0) is 35.0 Å². The van der Waals surface area contributed by atoms with Crippen molar-refractivity contribution in [2.75, 3.05) is 0 Å². The molecule has 0 bridgehead atoms. The molecule has 1 aromatic heterocycles. The van der Waals surface area contributed by atoms with Gasteiger partial charge in [0.2, 0.25) is 0 Å². The minimum absolute atomic E-state index is 0.275. The molecule has 0 saturated carbocycles. The molecule has 0 aliphatic rings. The Morgan fingerprint density at radius 3 is 2.61 bits per heavy atom. The molecule has 1 heterocycles. The molecule has 2 aromatic carbocycles. The standard InChI is InChI=1S/C13H6Cl2O2S/c14-6-3-8-7-1-2-18-12(7)10(13(16)17)5-9(8)11(15)4-6/h1-5H,(H,16,17). The highest BCUT2D eigenvalue weighted by Crippen LogP contribution is 2.37. The van der Waals surface area contributed by atoms with Crippen LogP contribution < -0.4 is 0 Å². The number of benzene rings is 2. The number of halogens is 2. The van der Waals surface area contributed by atoms with Gasteiger partial charge in [-0.1, -0.05) is 23.2 Å². The molecule has 0 radical (unpaired) electrons. The van der Waals surface area contributed by atoms with Gasteiger partial charge in [0.25, 0.3) is 0 Å². The SMILES string of the molecule is O=C(O)c1cc2c(Cl)cc(Cl)cc2c2ccsc12. The number of carboxylic acids is 1. The van der Waals surface area contributed by atoms with E-state index in [0.29, 0.717) is 15.4 Å². The molecule has 90 valence electrons. The van der Waals surface area contributed by atoms with E-state index in [9.17, 15) is 9.90 Å². The summed E-state index contributed by atoms with van der Waals surface area (Å²) >= 11 is 13.5. The van der Waals surface area contributed by atoms with Gasteiger partial charge in [-0.15, -0.1) is 11.3 Å². The van der Waals surface area contributed by atoms with Crippen molar-refractivity contribution in [3.8, 4) is 0 Å². The molecule has 0 spiro atoms. The second kappa shape index (κ2) is 4.12.